The van der Waals surface area contributed by atoms with Crippen molar-refractivity contribution in [2.24, 2.45) is 0 Å². The Hall–Kier alpha value is -4.33. The molecule has 4 aromatic rings. The van der Waals surface area contributed by atoms with Gasteiger partial charge in [-0.1, -0.05) is 30.3 Å². The highest BCUT2D eigenvalue weighted by molar-refractivity contribution is 5.96. The number of amides is 1. The highest BCUT2D eigenvalue weighted by Crippen LogP contribution is 2.38. The molecular weight excluding hydrogens is 470 g/mol. The van der Waals surface area contributed by atoms with Crippen molar-refractivity contribution in [1.29, 1.82) is 0 Å². The molecule has 2 unspecified atom stereocenters. The molecule has 1 aromatic heterocycles. The predicted molar refractivity (Wildman–Crippen MR) is 141 cm³/mol. The molecule has 0 spiro atoms. The van der Waals surface area contributed by atoms with Crippen molar-refractivity contribution in [3.63, 3.8) is 0 Å². The number of hydrogen-bond donors (Lipinski definition) is 1. The summed E-state index contributed by atoms with van der Waals surface area (Å²) >= 11 is 0. The number of rotatable bonds is 6. The Morgan fingerprint density at radius 2 is 1.78 bits per heavy atom. The SMILES string of the molecule is COC(=O)N1c2ccc3c(nc(CC(C(=O)O)c4ccccc4)n3-c3ccc(OC)cc3)c2CCC1C. The zero-order valence-electron chi connectivity index (χ0n) is 21.0. The smallest absolute Gasteiger partial charge is 0.414 e. The molecule has 0 saturated heterocycles. The summed E-state index contributed by atoms with van der Waals surface area (Å²) in [6.07, 6.45) is 1.32. The summed E-state index contributed by atoms with van der Waals surface area (Å²) < 4.78 is 12.4. The number of ether oxygens (including phenoxy) is 2. The monoisotopic (exact) mass is 499 g/mol. The standard InChI is InChI=1S/C29H29N3O5/c1-18-9-14-22-24(31(18)29(35)37-3)15-16-25-27(22)30-26(32(25)20-10-12-21(36-2)13-11-20)17-23(28(33)34)19-7-5-4-6-8-19/h4-8,10-13,15-16,18,23H,9,14,17H2,1-3H3,(H,33,34). The summed E-state index contributed by atoms with van der Waals surface area (Å²) in [5.41, 5.74) is 4.93. The van der Waals surface area contributed by atoms with E-state index in [1.54, 1.807) is 12.0 Å². The van der Waals surface area contributed by atoms with Crippen molar-refractivity contribution in [2.45, 2.75) is 38.1 Å². The Kier molecular flexibility index (Phi) is 6.56. The normalized spacial score (nSPS) is 15.8. The summed E-state index contributed by atoms with van der Waals surface area (Å²) in [5, 5.41) is 10.1. The van der Waals surface area contributed by atoms with E-state index in [2.05, 4.69) is 0 Å². The maximum Gasteiger partial charge on any atom is 0.414 e. The van der Waals surface area contributed by atoms with E-state index in [0.717, 1.165) is 52.1 Å². The van der Waals surface area contributed by atoms with Gasteiger partial charge in [-0.15, -0.1) is 0 Å². The number of anilines is 1. The van der Waals surface area contributed by atoms with Gasteiger partial charge in [-0.25, -0.2) is 9.78 Å². The first-order valence-corrected chi connectivity index (χ1v) is 12.3. The number of fused-ring (bicyclic) bond motifs is 3. The molecule has 1 N–H and O–H groups in total. The quantitative estimate of drug-likeness (QED) is 0.384. The van der Waals surface area contributed by atoms with E-state index in [-0.39, 0.29) is 12.5 Å². The van der Waals surface area contributed by atoms with Gasteiger partial charge in [0.2, 0.25) is 0 Å². The van der Waals surface area contributed by atoms with Gasteiger partial charge < -0.3 is 14.6 Å². The third-order valence-corrected chi connectivity index (χ3v) is 7.08. The topological polar surface area (TPSA) is 93.9 Å². The first kappa shape index (κ1) is 24.4. The first-order valence-electron chi connectivity index (χ1n) is 12.3. The number of carboxylic acids is 1. The van der Waals surface area contributed by atoms with Crippen molar-refractivity contribution >= 4 is 28.8 Å². The van der Waals surface area contributed by atoms with Gasteiger partial charge in [0.15, 0.2) is 0 Å². The molecule has 2 heterocycles. The Morgan fingerprint density at radius 1 is 1.05 bits per heavy atom. The van der Waals surface area contributed by atoms with Crippen LogP contribution in [0.25, 0.3) is 16.7 Å². The third-order valence-electron chi connectivity index (χ3n) is 7.08. The summed E-state index contributed by atoms with van der Waals surface area (Å²) in [4.78, 5) is 31.7. The molecule has 0 aliphatic carbocycles. The van der Waals surface area contributed by atoms with Crippen LogP contribution in [0.1, 0.15) is 36.2 Å². The number of benzene rings is 3. The lowest BCUT2D eigenvalue weighted by Gasteiger charge is -2.34. The van der Waals surface area contributed by atoms with Gasteiger partial charge in [-0.05, 0) is 61.7 Å². The lowest BCUT2D eigenvalue weighted by molar-refractivity contribution is -0.138. The van der Waals surface area contributed by atoms with Gasteiger partial charge in [0, 0.05) is 23.7 Å². The van der Waals surface area contributed by atoms with Crippen molar-refractivity contribution in [1.82, 2.24) is 9.55 Å². The van der Waals surface area contributed by atoms with E-state index in [0.29, 0.717) is 5.82 Å². The number of aryl methyl sites for hydroxylation is 1. The van der Waals surface area contributed by atoms with Crippen molar-refractivity contribution in [3.8, 4) is 11.4 Å². The molecule has 0 bridgehead atoms. The Morgan fingerprint density at radius 3 is 2.43 bits per heavy atom. The van der Waals surface area contributed by atoms with Crippen LogP contribution >= 0.6 is 0 Å². The van der Waals surface area contributed by atoms with E-state index in [1.165, 1.54) is 7.11 Å². The summed E-state index contributed by atoms with van der Waals surface area (Å²) in [6, 6.07) is 20.7. The summed E-state index contributed by atoms with van der Waals surface area (Å²) in [5.74, 6) is -0.319. The van der Waals surface area contributed by atoms with Gasteiger partial charge in [0.1, 0.15) is 11.6 Å². The van der Waals surface area contributed by atoms with E-state index >= 15 is 0 Å². The molecule has 0 fully saturated rings. The molecule has 2 atom stereocenters. The highest BCUT2D eigenvalue weighted by Gasteiger charge is 2.32. The average molecular weight is 500 g/mol. The maximum atomic E-state index is 12.6. The molecule has 1 amide bonds. The van der Waals surface area contributed by atoms with Gasteiger partial charge in [-0.2, -0.15) is 0 Å². The third kappa shape index (κ3) is 4.39. The second-order valence-corrected chi connectivity index (χ2v) is 9.23. The zero-order chi connectivity index (χ0) is 26.1. The molecule has 37 heavy (non-hydrogen) atoms. The number of hydrogen-bond acceptors (Lipinski definition) is 5. The van der Waals surface area contributed by atoms with E-state index in [9.17, 15) is 14.7 Å². The minimum absolute atomic E-state index is 0.00462. The Bertz CT molecular complexity index is 1450. The van der Waals surface area contributed by atoms with Crippen LogP contribution in [0.5, 0.6) is 5.75 Å². The number of carbonyl (C=O) groups is 2. The molecule has 3 aromatic carbocycles. The average Bonchev–Trinajstić information content (AvgIpc) is 3.30. The van der Waals surface area contributed by atoms with Crippen molar-refractivity contribution < 1.29 is 24.2 Å². The molecule has 8 heteroatoms. The van der Waals surface area contributed by atoms with Crippen molar-refractivity contribution in [3.05, 3.63) is 83.7 Å². The number of aliphatic carboxylic acids is 1. The molecule has 1 aliphatic rings. The van der Waals surface area contributed by atoms with Crippen LogP contribution in [0, 0.1) is 0 Å². The van der Waals surface area contributed by atoms with Gasteiger partial charge in [0.25, 0.3) is 0 Å². The summed E-state index contributed by atoms with van der Waals surface area (Å²) in [7, 11) is 3.00. The molecule has 0 saturated carbocycles. The van der Waals surface area contributed by atoms with Gasteiger partial charge in [-0.3, -0.25) is 14.3 Å². The number of carboxylic acid groups (broad SMARTS) is 1. The van der Waals surface area contributed by atoms with E-state index in [4.69, 9.17) is 14.5 Å². The highest BCUT2D eigenvalue weighted by atomic mass is 16.5. The second-order valence-electron chi connectivity index (χ2n) is 9.23. The van der Waals surface area contributed by atoms with E-state index < -0.39 is 18.0 Å². The fourth-order valence-electron chi connectivity index (χ4n) is 5.18. The first-order chi connectivity index (χ1) is 17.9. The number of aromatic nitrogens is 2. The van der Waals surface area contributed by atoms with Crippen LogP contribution in [0.3, 0.4) is 0 Å². The zero-order valence-corrected chi connectivity index (χ0v) is 21.0. The lowest BCUT2D eigenvalue weighted by atomic mass is 9.95. The van der Waals surface area contributed by atoms with Crippen LogP contribution in [-0.4, -0.2) is 47.0 Å². The molecule has 8 nitrogen and oxygen atoms in total. The number of imidazole rings is 1. The maximum absolute atomic E-state index is 12.6. The molecule has 1 aliphatic heterocycles. The largest absolute Gasteiger partial charge is 0.497 e. The van der Waals surface area contributed by atoms with Gasteiger partial charge in [0.05, 0.1) is 36.9 Å². The van der Waals surface area contributed by atoms with Crippen LogP contribution in [-0.2, 0) is 22.4 Å². The van der Waals surface area contributed by atoms with E-state index in [1.807, 2.05) is 78.2 Å². The lowest BCUT2D eigenvalue weighted by Crippen LogP contribution is -2.42. The van der Waals surface area contributed by atoms with Gasteiger partial charge >= 0.3 is 12.1 Å². The molecule has 190 valence electrons. The number of carbonyl (C=O) groups excluding carboxylic acids is 1. The van der Waals surface area contributed by atoms with Crippen LogP contribution in [0.15, 0.2) is 66.7 Å². The number of nitrogens with zero attached hydrogens (tertiary/aromatic N) is 3. The van der Waals surface area contributed by atoms with Crippen molar-refractivity contribution in [2.75, 3.05) is 19.1 Å². The van der Waals surface area contributed by atoms with Crippen LogP contribution in [0.4, 0.5) is 10.5 Å². The fraction of sp³-hybridized carbons (Fsp3) is 0.276. The van der Waals surface area contributed by atoms with Crippen LogP contribution < -0.4 is 9.64 Å². The summed E-state index contributed by atoms with van der Waals surface area (Å²) in [6.45, 7) is 2.00. The molecular formula is C29H29N3O5. The Balaban J connectivity index is 1.70. The minimum Gasteiger partial charge on any atom is -0.497 e. The molecule has 5 rings (SSSR count). The molecule has 0 radical (unpaired) electrons. The fourth-order valence-corrected chi connectivity index (χ4v) is 5.18. The number of methoxy groups -OCH3 is 2. The minimum atomic E-state index is -0.910. The predicted octanol–water partition coefficient (Wildman–Crippen LogP) is 5.35. The second kappa shape index (κ2) is 9.97. The Labute approximate surface area is 215 Å². The van der Waals surface area contributed by atoms with Crippen LogP contribution in [0.2, 0.25) is 0 Å².